The Balaban J connectivity index is 2.58. The molecule has 0 saturated carbocycles. The van der Waals surface area contributed by atoms with Crippen LogP contribution in [0.1, 0.15) is 0 Å². The third-order valence-corrected chi connectivity index (χ3v) is 13.2. The molecule has 0 spiro atoms. The highest BCUT2D eigenvalue weighted by Crippen LogP contribution is 2.17. The third-order valence-electron chi connectivity index (χ3n) is 1.47. The van der Waals surface area contributed by atoms with Crippen LogP contribution in [0.5, 0.6) is 0 Å². The van der Waals surface area contributed by atoms with Crippen LogP contribution in [-0.4, -0.2) is 37.1 Å². The average molecular weight is 241 g/mol. The first-order valence-corrected chi connectivity index (χ1v) is 11.9. The van der Waals surface area contributed by atoms with Crippen molar-refractivity contribution >= 4 is 37.1 Å². The van der Waals surface area contributed by atoms with Crippen LogP contribution in [0.4, 0.5) is 0 Å². The first kappa shape index (κ1) is 10.8. The van der Waals surface area contributed by atoms with Crippen LogP contribution in [0, 0.1) is 0 Å². The summed E-state index contributed by atoms with van der Waals surface area (Å²) in [5.74, 6) is 0. The normalized spacial score (nSPS) is 33.0. The fourth-order valence-electron chi connectivity index (χ4n) is 1.05. The lowest BCUT2D eigenvalue weighted by atomic mass is 11.9. The van der Waals surface area contributed by atoms with E-state index < -0.39 is 37.1 Å². The Morgan fingerprint density at radius 2 is 1.25 bits per heavy atom. The largest absolute Gasteiger partial charge is 0.425 e. The zero-order valence-corrected chi connectivity index (χ0v) is 12.9. The van der Waals surface area contributed by atoms with Gasteiger partial charge in [-0.25, -0.2) is 0 Å². The molecule has 0 N–H and O–H groups in total. The monoisotopic (exact) mass is 240 g/mol. The molecule has 4 nitrogen and oxygen atoms in total. The third kappa shape index (κ3) is 3.61. The van der Waals surface area contributed by atoms with Crippen LogP contribution in [0.15, 0.2) is 0 Å². The van der Waals surface area contributed by atoms with Crippen LogP contribution in [0.2, 0.25) is 26.2 Å². The smallest absolute Gasteiger partial charge is 0.313 e. The second-order valence-corrected chi connectivity index (χ2v) is 14.5. The van der Waals surface area contributed by atoms with Crippen molar-refractivity contribution in [1.82, 2.24) is 0 Å². The summed E-state index contributed by atoms with van der Waals surface area (Å²) in [5, 5.41) is 0. The van der Waals surface area contributed by atoms with E-state index in [0.717, 1.165) is 0 Å². The van der Waals surface area contributed by atoms with E-state index in [1.807, 2.05) is 26.2 Å². The second kappa shape index (κ2) is 3.84. The molecule has 0 aromatic rings. The number of hydrogen-bond acceptors (Lipinski definition) is 4. The maximum Gasteiger partial charge on any atom is 0.313 e. The molecule has 0 atom stereocenters. The zero-order chi connectivity index (χ0) is 9.24. The van der Waals surface area contributed by atoms with E-state index in [-0.39, 0.29) is 0 Å². The van der Waals surface area contributed by atoms with Crippen LogP contribution in [-0.2, 0) is 16.5 Å². The molecule has 0 aromatic heterocycles. The fraction of sp³-hybridized carbons (Fsp3) is 1.00. The van der Waals surface area contributed by atoms with Crippen LogP contribution >= 0.6 is 0 Å². The summed E-state index contributed by atoms with van der Waals surface area (Å²) >= 11 is 0. The molecule has 1 saturated heterocycles. The van der Waals surface area contributed by atoms with Gasteiger partial charge in [-0.15, -0.1) is 0 Å². The summed E-state index contributed by atoms with van der Waals surface area (Å²) in [5.41, 5.74) is 0. The summed E-state index contributed by atoms with van der Waals surface area (Å²) in [7, 11) is -5.44. The highest BCUT2D eigenvalue weighted by molar-refractivity contribution is 6.82. The fourth-order valence-corrected chi connectivity index (χ4v) is 12.0. The van der Waals surface area contributed by atoms with Crippen molar-refractivity contribution in [3.8, 4) is 0 Å². The predicted molar refractivity (Wildman–Crippen MR) is 56.4 cm³/mol. The number of hydrogen-bond donors (Lipinski definition) is 0. The molecule has 0 amide bonds. The molecule has 1 fully saturated rings. The van der Waals surface area contributed by atoms with Crippen molar-refractivity contribution in [2.24, 2.45) is 0 Å². The van der Waals surface area contributed by atoms with Gasteiger partial charge in [0.15, 0.2) is 0 Å². The topological polar surface area (TPSA) is 36.9 Å². The van der Waals surface area contributed by atoms with Gasteiger partial charge >= 0.3 is 17.1 Å². The molecule has 0 radical (unpaired) electrons. The van der Waals surface area contributed by atoms with Crippen molar-refractivity contribution in [1.29, 1.82) is 0 Å². The minimum atomic E-state index is -1.91. The lowest BCUT2D eigenvalue weighted by Crippen LogP contribution is -2.52. The van der Waals surface area contributed by atoms with Gasteiger partial charge < -0.3 is 16.5 Å². The van der Waals surface area contributed by atoms with Gasteiger partial charge in [0.05, 0.1) is 0 Å². The molecule has 1 heterocycles. The Morgan fingerprint density at radius 3 is 1.67 bits per heavy atom. The molecule has 1 aliphatic heterocycles. The summed E-state index contributed by atoms with van der Waals surface area (Å²) in [4.78, 5) is 0. The lowest BCUT2D eigenvalue weighted by molar-refractivity contribution is 0.286. The van der Waals surface area contributed by atoms with E-state index in [9.17, 15) is 0 Å². The molecule has 12 heavy (non-hydrogen) atoms. The van der Waals surface area contributed by atoms with Crippen molar-refractivity contribution in [2.75, 3.05) is 0 Å². The van der Waals surface area contributed by atoms with Crippen LogP contribution in [0.25, 0.3) is 0 Å². The molecular weight excluding hydrogens is 224 g/mol. The molecule has 8 heteroatoms. The average Bonchev–Trinajstić information content (AvgIpc) is 1.80. The Morgan fingerprint density at radius 1 is 0.833 bits per heavy atom. The molecule has 0 aliphatic carbocycles. The molecule has 0 aromatic carbocycles. The van der Waals surface area contributed by atoms with Crippen LogP contribution < -0.4 is 0 Å². The van der Waals surface area contributed by atoms with Gasteiger partial charge in [-0.05, 0) is 26.2 Å². The molecule has 1 aliphatic rings. The Labute approximate surface area is 80.2 Å². The quantitative estimate of drug-likeness (QED) is 0.534. The maximum atomic E-state index is 5.89. The minimum Gasteiger partial charge on any atom is -0.425 e. The predicted octanol–water partition coefficient (Wildman–Crippen LogP) is -0.532. The standard InChI is InChI=1S/C4H16O4Si4/c1-11(2)6-9-5-10-7-12(3,4)8-11/h9-10H2,1-4H3. The summed E-state index contributed by atoms with van der Waals surface area (Å²) in [6.07, 6.45) is 0. The molecule has 1 rings (SSSR count). The Kier molecular flexibility index (Phi) is 3.45. The van der Waals surface area contributed by atoms with E-state index in [2.05, 4.69) is 0 Å². The molecule has 0 unspecified atom stereocenters. The summed E-state index contributed by atoms with van der Waals surface area (Å²) < 4.78 is 22.5. The molecular formula is C4H16O4Si4. The SMILES string of the molecule is C[Si]1(C)O[SiH2]O[SiH2]O[Si](C)(C)O1. The van der Waals surface area contributed by atoms with E-state index in [0.29, 0.717) is 0 Å². The minimum absolute atomic E-state index is 0.806. The van der Waals surface area contributed by atoms with Crippen molar-refractivity contribution < 1.29 is 16.5 Å². The summed E-state index contributed by atoms with van der Waals surface area (Å²) in [6, 6.07) is 0. The van der Waals surface area contributed by atoms with E-state index >= 15 is 0 Å². The highest BCUT2D eigenvalue weighted by Gasteiger charge is 2.37. The van der Waals surface area contributed by atoms with Crippen molar-refractivity contribution in [3.05, 3.63) is 0 Å². The van der Waals surface area contributed by atoms with E-state index in [1.165, 1.54) is 0 Å². The summed E-state index contributed by atoms with van der Waals surface area (Å²) in [6.45, 7) is 8.20. The van der Waals surface area contributed by atoms with Crippen molar-refractivity contribution in [3.63, 3.8) is 0 Å². The first-order valence-electron chi connectivity index (χ1n) is 3.97. The van der Waals surface area contributed by atoms with Gasteiger partial charge in [0, 0.05) is 0 Å². The lowest BCUT2D eigenvalue weighted by Gasteiger charge is -2.35. The van der Waals surface area contributed by atoms with Gasteiger partial charge in [0.1, 0.15) is 0 Å². The van der Waals surface area contributed by atoms with Gasteiger partial charge in [-0.1, -0.05) is 0 Å². The zero-order valence-electron chi connectivity index (χ0n) is 8.05. The van der Waals surface area contributed by atoms with Gasteiger partial charge in [-0.3, -0.25) is 0 Å². The van der Waals surface area contributed by atoms with Gasteiger partial charge in [0.2, 0.25) is 0 Å². The van der Waals surface area contributed by atoms with E-state index in [1.54, 1.807) is 0 Å². The van der Waals surface area contributed by atoms with Crippen LogP contribution in [0.3, 0.4) is 0 Å². The molecule has 72 valence electrons. The highest BCUT2D eigenvalue weighted by atomic mass is 28.5. The van der Waals surface area contributed by atoms with Gasteiger partial charge in [0.25, 0.3) is 20.0 Å². The second-order valence-electron chi connectivity index (χ2n) is 3.63. The van der Waals surface area contributed by atoms with Gasteiger partial charge in [-0.2, -0.15) is 0 Å². The van der Waals surface area contributed by atoms with E-state index in [4.69, 9.17) is 16.5 Å². The van der Waals surface area contributed by atoms with Crippen molar-refractivity contribution in [2.45, 2.75) is 26.2 Å². The maximum absolute atomic E-state index is 5.89. The number of rotatable bonds is 0. The Bertz CT molecular complexity index is 145. The molecule has 0 bridgehead atoms. The first-order chi connectivity index (χ1) is 5.41. The Hall–Kier alpha value is 0.708.